The van der Waals surface area contributed by atoms with Gasteiger partial charge < -0.3 is 15.0 Å². The third kappa shape index (κ3) is 8.26. The Morgan fingerprint density at radius 2 is 1.69 bits per heavy atom. The van der Waals surface area contributed by atoms with Gasteiger partial charge in [0.1, 0.15) is 11.8 Å². The third-order valence-electron chi connectivity index (χ3n) is 5.78. The number of halogens is 3. The fraction of sp³-hybridized carbons (Fsp3) is 0.286. The van der Waals surface area contributed by atoms with Gasteiger partial charge >= 0.3 is 0 Å². The SMILES string of the molecule is CC[C@H](C)NC(=O)[C@@H](Cc1ccccc1)N(Cc1ccc(Br)cc1)C(=O)COc1ccc(Cl)cc1Cl. The molecule has 2 atom stereocenters. The fourth-order valence-electron chi connectivity index (χ4n) is 3.60. The highest BCUT2D eigenvalue weighted by Gasteiger charge is 2.31. The first kappa shape index (κ1) is 28.0. The van der Waals surface area contributed by atoms with Crippen molar-refractivity contribution in [2.24, 2.45) is 0 Å². The van der Waals surface area contributed by atoms with Crippen molar-refractivity contribution in [1.29, 1.82) is 0 Å². The molecule has 2 amide bonds. The first-order chi connectivity index (χ1) is 17.3. The molecule has 0 unspecified atom stereocenters. The predicted molar refractivity (Wildman–Crippen MR) is 148 cm³/mol. The summed E-state index contributed by atoms with van der Waals surface area (Å²) in [6.45, 7) is 3.92. The first-order valence-electron chi connectivity index (χ1n) is 11.7. The normalized spacial score (nSPS) is 12.5. The molecule has 0 fully saturated rings. The van der Waals surface area contributed by atoms with E-state index in [1.807, 2.05) is 68.4 Å². The maximum absolute atomic E-state index is 13.6. The van der Waals surface area contributed by atoms with Gasteiger partial charge in [-0.05, 0) is 54.8 Å². The largest absolute Gasteiger partial charge is 0.482 e. The summed E-state index contributed by atoms with van der Waals surface area (Å²) in [5, 5.41) is 3.84. The van der Waals surface area contributed by atoms with Crippen molar-refractivity contribution in [1.82, 2.24) is 10.2 Å². The molecule has 1 N–H and O–H groups in total. The molecular weight excluding hydrogens is 563 g/mol. The molecule has 36 heavy (non-hydrogen) atoms. The van der Waals surface area contributed by atoms with Gasteiger partial charge in [0, 0.05) is 28.5 Å². The second-order valence-corrected chi connectivity index (χ2v) is 10.3. The minimum absolute atomic E-state index is 0.0236. The Kier molecular flexibility index (Phi) is 10.7. The quantitative estimate of drug-likeness (QED) is 0.270. The van der Waals surface area contributed by atoms with Crippen LogP contribution in [0.1, 0.15) is 31.4 Å². The zero-order valence-corrected chi connectivity index (χ0v) is 23.3. The molecule has 0 aliphatic rings. The number of nitrogens with zero attached hydrogens (tertiary/aromatic N) is 1. The Hall–Kier alpha value is -2.54. The number of carbonyl (C=O) groups is 2. The molecular formula is C28H29BrCl2N2O3. The average molecular weight is 592 g/mol. The van der Waals surface area contributed by atoms with E-state index in [0.717, 1.165) is 22.0 Å². The van der Waals surface area contributed by atoms with E-state index in [0.29, 0.717) is 22.2 Å². The van der Waals surface area contributed by atoms with E-state index in [4.69, 9.17) is 27.9 Å². The molecule has 0 bridgehead atoms. The van der Waals surface area contributed by atoms with Crippen molar-refractivity contribution < 1.29 is 14.3 Å². The van der Waals surface area contributed by atoms with Crippen LogP contribution in [0.25, 0.3) is 0 Å². The number of nitrogens with one attached hydrogen (secondary N) is 1. The Labute approximate surface area is 230 Å². The molecule has 3 aromatic rings. The van der Waals surface area contributed by atoms with Gasteiger partial charge in [-0.2, -0.15) is 0 Å². The molecule has 0 aromatic heterocycles. The fourth-order valence-corrected chi connectivity index (χ4v) is 4.32. The Balaban J connectivity index is 1.91. The van der Waals surface area contributed by atoms with E-state index in [9.17, 15) is 9.59 Å². The summed E-state index contributed by atoms with van der Waals surface area (Å²) in [7, 11) is 0. The zero-order valence-electron chi connectivity index (χ0n) is 20.2. The van der Waals surface area contributed by atoms with Crippen LogP contribution in [0, 0.1) is 0 Å². The number of rotatable bonds is 11. The maximum atomic E-state index is 13.6. The van der Waals surface area contributed by atoms with Crippen molar-refractivity contribution in [2.75, 3.05) is 6.61 Å². The lowest BCUT2D eigenvalue weighted by molar-refractivity contribution is -0.143. The summed E-state index contributed by atoms with van der Waals surface area (Å²) in [5.74, 6) is -0.186. The highest BCUT2D eigenvalue weighted by Crippen LogP contribution is 2.27. The average Bonchev–Trinajstić information content (AvgIpc) is 2.87. The van der Waals surface area contributed by atoms with Gasteiger partial charge in [0.2, 0.25) is 5.91 Å². The van der Waals surface area contributed by atoms with Crippen LogP contribution >= 0.6 is 39.1 Å². The summed E-state index contributed by atoms with van der Waals surface area (Å²) in [6.07, 6.45) is 1.15. The lowest BCUT2D eigenvalue weighted by Gasteiger charge is -2.32. The Morgan fingerprint density at radius 3 is 2.33 bits per heavy atom. The molecule has 0 saturated carbocycles. The van der Waals surface area contributed by atoms with Gasteiger partial charge in [0.05, 0.1) is 5.02 Å². The van der Waals surface area contributed by atoms with E-state index in [-0.39, 0.29) is 31.0 Å². The number of carbonyl (C=O) groups excluding carboxylic acids is 2. The van der Waals surface area contributed by atoms with Crippen molar-refractivity contribution >= 4 is 50.9 Å². The standard InChI is InChI=1S/C28H29BrCl2N2O3/c1-3-19(2)32-28(35)25(15-20-7-5-4-6-8-20)33(17-21-9-11-22(29)12-10-21)27(34)18-36-26-14-13-23(30)16-24(26)31/h4-14,16,19,25H,3,15,17-18H2,1-2H3,(H,32,35)/t19-,25+/m0/s1. The van der Waals surface area contributed by atoms with Crippen LogP contribution in [-0.4, -0.2) is 35.4 Å². The first-order valence-corrected chi connectivity index (χ1v) is 13.3. The second kappa shape index (κ2) is 13.7. The predicted octanol–water partition coefficient (Wildman–Crippen LogP) is 6.69. The minimum atomic E-state index is -0.734. The van der Waals surface area contributed by atoms with Crippen LogP contribution in [0.4, 0.5) is 0 Å². The number of hydrogen-bond acceptors (Lipinski definition) is 3. The zero-order chi connectivity index (χ0) is 26.1. The molecule has 0 spiro atoms. The molecule has 190 valence electrons. The third-order valence-corrected chi connectivity index (χ3v) is 6.84. The van der Waals surface area contributed by atoms with Crippen LogP contribution in [0.2, 0.25) is 10.0 Å². The highest BCUT2D eigenvalue weighted by molar-refractivity contribution is 9.10. The van der Waals surface area contributed by atoms with Gasteiger partial charge in [-0.25, -0.2) is 0 Å². The topological polar surface area (TPSA) is 58.6 Å². The van der Waals surface area contributed by atoms with E-state index >= 15 is 0 Å². The summed E-state index contributed by atoms with van der Waals surface area (Å²) >= 11 is 15.7. The summed E-state index contributed by atoms with van der Waals surface area (Å²) in [5.41, 5.74) is 1.85. The summed E-state index contributed by atoms with van der Waals surface area (Å²) in [4.78, 5) is 28.7. The summed E-state index contributed by atoms with van der Waals surface area (Å²) in [6, 6.07) is 21.4. The lowest BCUT2D eigenvalue weighted by atomic mass is 10.0. The van der Waals surface area contributed by atoms with Crippen molar-refractivity contribution in [3.05, 3.63) is 98.4 Å². The van der Waals surface area contributed by atoms with Gasteiger partial charge in [-0.1, -0.05) is 88.5 Å². The molecule has 0 heterocycles. The Morgan fingerprint density at radius 1 is 1.00 bits per heavy atom. The van der Waals surface area contributed by atoms with Gasteiger partial charge in [0.15, 0.2) is 6.61 Å². The molecule has 0 saturated heterocycles. The molecule has 8 heteroatoms. The van der Waals surface area contributed by atoms with Gasteiger partial charge in [-0.15, -0.1) is 0 Å². The number of benzene rings is 3. The molecule has 3 rings (SSSR count). The van der Waals surface area contributed by atoms with Gasteiger partial charge in [-0.3, -0.25) is 9.59 Å². The molecule has 0 aliphatic heterocycles. The van der Waals surface area contributed by atoms with Crippen LogP contribution in [0.5, 0.6) is 5.75 Å². The number of amides is 2. The summed E-state index contributed by atoms with van der Waals surface area (Å²) < 4.78 is 6.68. The van der Waals surface area contributed by atoms with Crippen LogP contribution in [0.15, 0.2) is 77.3 Å². The van der Waals surface area contributed by atoms with Crippen LogP contribution in [0.3, 0.4) is 0 Å². The second-order valence-electron chi connectivity index (χ2n) is 8.53. The number of ether oxygens (including phenoxy) is 1. The monoisotopic (exact) mass is 590 g/mol. The number of hydrogen-bond donors (Lipinski definition) is 1. The molecule has 5 nitrogen and oxygen atoms in total. The minimum Gasteiger partial charge on any atom is -0.482 e. The lowest BCUT2D eigenvalue weighted by Crippen LogP contribution is -2.53. The van der Waals surface area contributed by atoms with E-state index in [1.54, 1.807) is 23.1 Å². The maximum Gasteiger partial charge on any atom is 0.261 e. The van der Waals surface area contributed by atoms with E-state index in [2.05, 4.69) is 21.2 Å². The molecule has 0 aliphatic carbocycles. The van der Waals surface area contributed by atoms with Crippen LogP contribution in [-0.2, 0) is 22.6 Å². The molecule has 0 radical (unpaired) electrons. The van der Waals surface area contributed by atoms with E-state index in [1.165, 1.54) is 0 Å². The smallest absolute Gasteiger partial charge is 0.261 e. The van der Waals surface area contributed by atoms with Crippen LogP contribution < -0.4 is 10.1 Å². The van der Waals surface area contributed by atoms with Crippen molar-refractivity contribution in [3.8, 4) is 5.75 Å². The van der Waals surface area contributed by atoms with Gasteiger partial charge in [0.25, 0.3) is 5.91 Å². The van der Waals surface area contributed by atoms with E-state index < -0.39 is 6.04 Å². The molecule has 3 aromatic carbocycles. The van der Waals surface area contributed by atoms with Crippen molar-refractivity contribution in [2.45, 2.75) is 45.3 Å². The Bertz CT molecular complexity index is 1160. The highest BCUT2D eigenvalue weighted by atomic mass is 79.9. The van der Waals surface area contributed by atoms with Crippen molar-refractivity contribution in [3.63, 3.8) is 0 Å².